The van der Waals surface area contributed by atoms with Crippen molar-refractivity contribution >= 4 is 17.3 Å². The van der Waals surface area contributed by atoms with Gasteiger partial charge >= 0.3 is 0 Å². The molecule has 88 valence electrons. The zero-order chi connectivity index (χ0) is 12.3. The van der Waals surface area contributed by atoms with Crippen LogP contribution in [0, 0.1) is 6.92 Å². The van der Waals surface area contributed by atoms with Crippen LogP contribution in [0.2, 0.25) is 0 Å². The molecule has 2 aromatic rings. The van der Waals surface area contributed by atoms with E-state index in [0.29, 0.717) is 10.4 Å². The Morgan fingerprint density at radius 2 is 2.24 bits per heavy atom. The fourth-order valence-corrected chi connectivity index (χ4v) is 2.26. The van der Waals surface area contributed by atoms with E-state index in [-0.39, 0.29) is 5.78 Å². The van der Waals surface area contributed by atoms with Gasteiger partial charge in [-0.05, 0) is 36.5 Å². The van der Waals surface area contributed by atoms with Crippen molar-refractivity contribution in [2.75, 3.05) is 0 Å². The van der Waals surface area contributed by atoms with Gasteiger partial charge in [-0.2, -0.15) is 0 Å². The molecule has 0 spiro atoms. The van der Waals surface area contributed by atoms with Crippen LogP contribution in [0.3, 0.4) is 0 Å². The number of rotatable bonds is 4. The molecule has 17 heavy (non-hydrogen) atoms. The van der Waals surface area contributed by atoms with E-state index in [4.69, 9.17) is 0 Å². The van der Waals surface area contributed by atoms with Crippen LogP contribution in [-0.2, 0) is 6.42 Å². The van der Waals surface area contributed by atoms with Crippen molar-refractivity contribution in [1.29, 1.82) is 0 Å². The van der Waals surface area contributed by atoms with Crippen LogP contribution in [0.25, 0.3) is 0 Å². The number of aromatic nitrogens is 3. The number of hydrogen-bond donors (Lipinski definition) is 0. The summed E-state index contributed by atoms with van der Waals surface area (Å²) in [7, 11) is 0. The number of carbonyl (C=O) groups is 1. The zero-order valence-electron chi connectivity index (χ0n) is 9.80. The van der Waals surface area contributed by atoms with Gasteiger partial charge in [0.15, 0.2) is 0 Å². The molecular weight excluding hydrogens is 234 g/mol. The minimum Gasteiger partial charge on any atom is -0.287 e. The van der Waals surface area contributed by atoms with Gasteiger partial charge in [-0.25, -0.2) is 0 Å². The van der Waals surface area contributed by atoms with Gasteiger partial charge in [-0.1, -0.05) is 17.8 Å². The first kappa shape index (κ1) is 11.9. The van der Waals surface area contributed by atoms with Crippen LogP contribution >= 0.6 is 11.5 Å². The predicted octanol–water partition coefficient (Wildman–Crippen LogP) is 2.43. The molecule has 0 aliphatic heterocycles. The fourth-order valence-electron chi connectivity index (χ4n) is 1.59. The Kier molecular flexibility index (Phi) is 3.58. The second kappa shape index (κ2) is 5.14. The normalized spacial score (nSPS) is 10.5. The van der Waals surface area contributed by atoms with Gasteiger partial charge in [0.25, 0.3) is 0 Å². The molecule has 0 bridgehead atoms. The fraction of sp³-hybridized carbons (Fsp3) is 0.333. The second-order valence-corrected chi connectivity index (χ2v) is 4.63. The maximum atomic E-state index is 12.2. The number of ketones is 1. The lowest BCUT2D eigenvalue weighted by atomic mass is 10.1. The minimum atomic E-state index is -0.0281. The molecule has 0 aromatic carbocycles. The monoisotopic (exact) mass is 247 g/mol. The molecule has 0 radical (unpaired) electrons. The maximum Gasteiger partial charge on any atom is 0.208 e. The first-order chi connectivity index (χ1) is 8.22. The molecule has 0 saturated carbocycles. The summed E-state index contributed by atoms with van der Waals surface area (Å²) >= 11 is 1.16. The summed E-state index contributed by atoms with van der Waals surface area (Å²) < 4.78 is 3.86. The maximum absolute atomic E-state index is 12.2. The number of pyridine rings is 1. The van der Waals surface area contributed by atoms with Crippen LogP contribution in [0.15, 0.2) is 18.5 Å². The summed E-state index contributed by atoms with van der Waals surface area (Å²) in [6.45, 7) is 3.98. The first-order valence-electron chi connectivity index (χ1n) is 5.50. The van der Waals surface area contributed by atoms with E-state index in [1.54, 1.807) is 12.4 Å². The molecule has 4 nitrogen and oxygen atoms in total. The van der Waals surface area contributed by atoms with E-state index < -0.39 is 0 Å². The van der Waals surface area contributed by atoms with Gasteiger partial charge in [0.2, 0.25) is 5.78 Å². The summed E-state index contributed by atoms with van der Waals surface area (Å²) in [5.74, 6) is -0.0281. The van der Waals surface area contributed by atoms with Crippen molar-refractivity contribution in [3.63, 3.8) is 0 Å². The Hall–Kier alpha value is -1.62. The van der Waals surface area contributed by atoms with Crippen LogP contribution in [0.4, 0.5) is 0 Å². The van der Waals surface area contributed by atoms with Crippen molar-refractivity contribution in [2.24, 2.45) is 0 Å². The van der Waals surface area contributed by atoms with Crippen LogP contribution < -0.4 is 0 Å². The molecule has 0 N–H and O–H groups in total. The van der Waals surface area contributed by atoms with Gasteiger partial charge in [0.1, 0.15) is 4.88 Å². The standard InChI is InChI=1S/C12H13N3OS/c1-3-4-10-12(17-15-14-10)11(16)9-5-8(2)6-13-7-9/h5-7H,3-4H2,1-2H3. The lowest BCUT2D eigenvalue weighted by Crippen LogP contribution is -2.03. The highest BCUT2D eigenvalue weighted by Gasteiger charge is 2.17. The van der Waals surface area contributed by atoms with Gasteiger partial charge in [-0.15, -0.1) is 5.10 Å². The lowest BCUT2D eigenvalue weighted by molar-refractivity contribution is 0.104. The summed E-state index contributed by atoms with van der Waals surface area (Å²) in [5, 5.41) is 4.00. The van der Waals surface area contributed by atoms with Crippen molar-refractivity contribution in [3.8, 4) is 0 Å². The number of carbonyl (C=O) groups excluding carboxylic acids is 1. The second-order valence-electron chi connectivity index (χ2n) is 3.88. The summed E-state index contributed by atoms with van der Waals surface area (Å²) in [5.41, 5.74) is 2.38. The average molecular weight is 247 g/mol. The van der Waals surface area contributed by atoms with E-state index in [1.165, 1.54) is 0 Å². The Morgan fingerprint density at radius 1 is 1.41 bits per heavy atom. The Labute approximate surface area is 104 Å². The molecule has 2 aromatic heterocycles. The largest absolute Gasteiger partial charge is 0.287 e. The third kappa shape index (κ3) is 2.55. The zero-order valence-corrected chi connectivity index (χ0v) is 10.6. The van der Waals surface area contributed by atoms with Crippen LogP contribution in [0.5, 0.6) is 0 Å². The molecule has 0 aliphatic carbocycles. The van der Waals surface area contributed by atoms with Crippen LogP contribution in [0.1, 0.15) is 39.8 Å². The van der Waals surface area contributed by atoms with E-state index in [2.05, 4.69) is 21.5 Å². The average Bonchev–Trinajstić information content (AvgIpc) is 2.77. The highest BCUT2D eigenvalue weighted by Crippen LogP contribution is 2.17. The van der Waals surface area contributed by atoms with Gasteiger partial charge in [0, 0.05) is 18.0 Å². The quantitative estimate of drug-likeness (QED) is 0.779. The van der Waals surface area contributed by atoms with Crippen molar-refractivity contribution in [2.45, 2.75) is 26.7 Å². The first-order valence-corrected chi connectivity index (χ1v) is 6.27. The molecule has 0 aliphatic rings. The molecule has 5 heteroatoms. The SMILES string of the molecule is CCCc1nnsc1C(=O)c1cncc(C)c1. The summed E-state index contributed by atoms with van der Waals surface area (Å²) in [6, 6.07) is 1.84. The predicted molar refractivity (Wildman–Crippen MR) is 66.3 cm³/mol. The van der Waals surface area contributed by atoms with E-state index in [0.717, 1.165) is 35.6 Å². The topological polar surface area (TPSA) is 55.7 Å². The van der Waals surface area contributed by atoms with Crippen molar-refractivity contribution in [1.82, 2.24) is 14.6 Å². The number of aryl methyl sites for hydroxylation is 2. The number of nitrogens with zero attached hydrogens (tertiary/aromatic N) is 3. The van der Waals surface area contributed by atoms with Gasteiger partial charge in [-0.3, -0.25) is 9.78 Å². The van der Waals surface area contributed by atoms with E-state index >= 15 is 0 Å². The van der Waals surface area contributed by atoms with Crippen molar-refractivity contribution in [3.05, 3.63) is 40.2 Å². The van der Waals surface area contributed by atoms with Gasteiger partial charge in [0.05, 0.1) is 5.69 Å². The van der Waals surface area contributed by atoms with E-state index in [1.807, 2.05) is 13.0 Å². The molecule has 0 unspecified atom stereocenters. The smallest absolute Gasteiger partial charge is 0.208 e. The highest BCUT2D eigenvalue weighted by molar-refractivity contribution is 7.08. The summed E-state index contributed by atoms with van der Waals surface area (Å²) in [6.07, 6.45) is 5.06. The lowest BCUT2D eigenvalue weighted by Gasteiger charge is -2.00. The Bertz CT molecular complexity index is 536. The molecule has 0 atom stereocenters. The minimum absolute atomic E-state index is 0.0281. The molecular formula is C12H13N3OS. The third-order valence-electron chi connectivity index (χ3n) is 2.39. The van der Waals surface area contributed by atoms with Crippen molar-refractivity contribution < 1.29 is 4.79 Å². The third-order valence-corrected chi connectivity index (χ3v) is 3.15. The molecule has 2 rings (SSSR count). The summed E-state index contributed by atoms with van der Waals surface area (Å²) in [4.78, 5) is 16.9. The Balaban J connectivity index is 2.33. The Morgan fingerprint density at radius 3 is 2.94 bits per heavy atom. The molecule has 2 heterocycles. The van der Waals surface area contributed by atoms with E-state index in [9.17, 15) is 4.79 Å². The van der Waals surface area contributed by atoms with Crippen LogP contribution in [-0.4, -0.2) is 20.4 Å². The molecule has 0 saturated heterocycles. The number of hydrogen-bond acceptors (Lipinski definition) is 5. The van der Waals surface area contributed by atoms with Gasteiger partial charge < -0.3 is 0 Å². The highest BCUT2D eigenvalue weighted by atomic mass is 32.1. The molecule has 0 fully saturated rings. The molecule has 0 amide bonds.